The zero-order valence-electron chi connectivity index (χ0n) is 19.8. The maximum absolute atomic E-state index is 13.2. The molecular weight excluding hydrogens is 459 g/mol. The van der Waals surface area contributed by atoms with Gasteiger partial charge in [-0.05, 0) is 43.7 Å². The van der Waals surface area contributed by atoms with Crippen molar-refractivity contribution in [1.29, 1.82) is 0 Å². The number of hydrogen-bond donors (Lipinski definition) is 0. The number of anilines is 2. The molecule has 1 aliphatic rings. The van der Waals surface area contributed by atoms with Gasteiger partial charge in [-0.15, -0.1) is 29.8 Å². The van der Waals surface area contributed by atoms with Gasteiger partial charge < -0.3 is 9.80 Å². The number of amides is 1. The zero-order chi connectivity index (χ0) is 24.8. The Morgan fingerprint density at radius 3 is 2.12 bits per heavy atom. The number of halogens is 2. The summed E-state index contributed by atoms with van der Waals surface area (Å²) in [5.74, 6) is 0.459. The third kappa shape index (κ3) is 6.36. The molecule has 0 bridgehead atoms. The summed E-state index contributed by atoms with van der Waals surface area (Å²) in [7, 11) is 1.71. The van der Waals surface area contributed by atoms with Crippen LogP contribution in [0, 0.1) is 5.41 Å². The molecule has 178 valence electrons. The van der Waals surface area contributed by atoms with Gasteiger partial charge in [0.05, 0.1) is 0 Å². The Labute approximate surface area is 206 Å². The van der Waals surface area contributed by atoms with E-state index < -0.39 is 5.41 Å². The first-order valence-electron chi connectivity index (χ1n) is 10.9. The lowest BCUT2D eigenvalue weighted by Gasteiger charge is -2.32. The van der Waals surface area contributed by atoms with E-state index in [0.29, 0.717) is 48.0 Å². The molecule has 0 unspecified atom stereocenters. The van der Waals surface area contributed by atoms with Crippen molar-refractivity contribution < 1.29 is 14.4 Å². The van der Waals surface area contributed by atoms with Crippen LogP contribution in [0.5, 0.6) is 0 Å². The topological polar surface area (TPSA) is 57.7 Å². The van der Waals surface area contributed by atoms with E-state index in [2.05, 4.69) is 11.5 Å². The third-order valence-electron chi connectivity index (χ3n) is 5.83. The lowest BCUT2D eigenvalue weighted by Crippen LogP contribution is -2.35. The minimum absolute atomic E-state index is 0.0811. The molecule has 33 heavy (non-hydrogen) atoms. The van der Waals surface area contributed by atoms with Gasteiger partial charge in [-0.1, -0.05) is 19.9 Å². The van der Waals surface area contributed by atoms with Gasteiger partial charge in [-0.3, -0.25) is 14.4 Å². The maximum atomic E-state index is 13.2. The first-order valence-corrected chi connectivity index (χ1v) is 12.0. The number of allylic oxidation sites excluding steroid dienone is 5. The number of hydrogen-bond acceptors (Lipinski definition) is 4. The number of rotatable bonds is 11. The normalized spacial score (nSPS) is 14.3. The molecule has 1 amide bonds. The SMILES string of the molecule is C=CCC1=C(C(C)(C)CC(=O)N(C)c2ccc(N(CCCl)CCCl)cc2)C(=O)C=C(C)C1=O. The van der Waals surface area contributed by atoms with E-state index in [1.165, 1.54) is 6.08 Å². The van der Waals surface area contributed by atoms with Crippen LogP contribution in [-0.2, 0) is 14.4 Å². The number of carbonyl (C=O) groups excluding carboxylic acids is 3. The smallest absolute Gasteiger partial charge is 0.227 e. The summed E-state index contributed by atoms with van der Waals surface area (Å²) >= 11 is 11.8. The molecule has 0 aromatic heterocycles. The summed E-state index contributed by atoms with van der Waals surface area (Å²) in [6.45, 7) is 10.4. The average Bonchev–Trinajstić information content (AvgIpc) is 2.76. The molecule has 1 aliphatic carbocycles. The van der Waals surface area contributed by atoms with Crippen molar-refractivity contribution in [3.05, 3.63) is 59.7 Å². The van der Waals surface area contributed by atoms with Gasteiger partial charge >= 0.3 is 0 Å². The second-order valence-corrected chi connectivity index (χ2v) is 9.52. The highest BCUT2D eigenvalue weighted by molar-refractivity contribution is 6.23. The quantitative estimate of drug-likeness (QED) is 0.239. The Kier molecular flexibility index (Phi) is 9.50. The van der Waals surface area contributed by atoms with E-state index in [-0.39, 0.29) is 23.9 Å². The second-order valence-electron chi connectivity index (χ2n) is 8.76. The Hall–Kier alpha value is -2.37. The second kappa shape index (κ2) is 11.7. The standard InChI is InChI=1S/C26H32Cl2N2O3/c1-6-7-21-24(22(31)16-18(2)25(21)33)26(3,4)17-23(32)29(5)19-8-10-20(11-9-19)30(14-12-27)15-13-28/h6,8-11,16H,1,7,12-15,17H2,2-5H3. The molecule has 0 atom stereocenters. The van der Waals surface area contributed by atoms with E-state index >= 15 is 0 Å². The maximum Gasteiger partial charge on any atom is 0.227 e. The molecule has 0 saturated carbocycles. The first-order chi connectivity index (χ1) is 15.6. The van der Waals surface area contributed by atoms with Crippen LogP contribution in [0.2, 0.25) is 0 Å². The fraction of sp³-hybridized carbons (Fsp3) is 0.423. The lowest BCUT2D eigenvalue weighted by molar-refractivity contribution is -0.120. The molecule has 2 rings (SSSR count). The highest BCUT2D eigenvalue weighted by Crippen LogP contribution is 2.38. The van der Waals surface area contributed by atoms with E-state index in [1.54, 1.807) is 24.9 Å². The van der Waals surface area contributed by atoms with Gasteiger partial charge in [0.15, 0.2) is 11.6 Å². The van der Waals surface area contributed by atoms with Gasteiger partial charge in [0, 0.05) is 71.8 Å². The third-order valence-corrected chi connectivity index (χ3v) is 6.17. The summed E-state index contributed by atoms with van der Waals surface area (Å²) in [6.07, 6.45) is 3.35. The van der Waals surface area contributed by atoms with Crippen molar-refractivity contribution in [1.82, 2.24) is 0 Å². The Morgan fingerprint density at radius 2 is 1.61 bits per heavy atom. The minimum atomic E-state index is -0.814. The number of benzene rings is 1. The molecule has 0 N–H and O–H groups in total. The van der Waals surface area contributed by atoms with Crippen LogP contribution in [0.3, 0.4) is 0 Å². The van der Waals surface area contributed by atoms with E-state index in [1.807, 2.05) is 38.1 Å². The summed E-state index contributed by atoms with van der Waals surface area (Å²) < 4.78 is 0. The molecule has 1 aromatic rings. The predicted molar refractivity (Wildman–Crippen MR) is 138 cm³/mol. The molecule has 0 radical (unpaired) electrons. The number of nitrogens with zero attached hydrogens (tertiary/aromatic N) is 2. The van der Waals surface area contributed by atoms with Crippen molar-refractivity contribution in [2.24, 2.45) is 5.41 Å². The van der Waals surface area contributed by atoms with Crippen LogP contribution in [-0.4, -0.2) is 49.4 Å². The lowest BCUT2D eigenvalue weighted by atomic mass is 9.72. The summed E-state index contributed by atoms with van der Waals surface area (Å²) in [5, 5.41) is 0. The van der Waals surface area contributed by atoms with Crippen LogP contribution in [0.15, 0.2) is 59.7 Å². The van der Waals surface area contributed by atoms with Crippen LogP contribution in [0.25, 0.3) is 0 Å². The van der Waals surface area contributed by atoms with E-state index in [0.717, 1.165) is 11.4 Å². The van der Waals surface area contributed by atoms with Crippen LogP contribution < -0.4 is 9.80 Å². The first kappa shape index (κ1) is 26.9. The molecule has 1 aromatic carbocycles. The monoisotopic (exact) mass is 490 g/mol. The molecule has 0 aliphatic heterocycles. The van der Waals surface area contributed by atoms with Gasteiger partial charge in [-0.2, -0.15) is 0 Å². The van der Waals surface area contributed by atoms with Crippen LogP contribution >= 0.6 is 23.2 Å². The molecule has 0 fully saturated rings. The average molecular weight is 491 g/mol. The Morgan fingerprint density at radius 1 is 1.06 bits per heavy atom. The minimum Gasteiger partial charge on any atom is -0.369 e. The predicted octanol–water partition coefficient (Wildman–Crippen LogP) is 5.32. The summed E-state index contributed by atoms with van der Waals surface area (Å²) in [6, 6.07) is 7.62. The highest BCUT2D eigenvalue weighted by atomic mass is 35.5. The van der Waals surface area contributed by atoms with Crippen molar-refractivity contribution in [3.63, 3.8) is 0 Å². The summed E-state index contributed by atoms with van der Waals surface area (Å²) in [5.41, 5.74) is 2.14. The van der Waals surface area contributed by atoms with Crippen molar-refractivity contribution in [3.8, 4) is 0 Å². The largest absolute Gasteiger partial charge is 0.369 e. The van der Waals surface area contributed by atoms with Gasteiger partial charge in [0.2, 0.25) is 5.91 Å². The number of Topliss-reactive ketones (excluding diaryl/α,β-unsaturated/α-hetero) is 1. The van der Waals surface area contributed by atoms with Gasteiger partial charge in [0.25, 0.3) is 0 Å². The highest BCUT2D eigenvalue weighted by Gasteiger charge is 2.37. The Balaban J connectivity index is 2.24. The molecule has 0 saturated heterocycles. The fourth-order valence-corrected chi connectivity index (χ4v) is 4.51. The van der Waals surface area contributed by atoms with E-state index in [4.69, 9.17) is 23.2 Å². The number of ketones is 2. The molecule has 7 heteroatoms. The Bertz CT molecular complexity index is 972. The summed E-state index contributed by atoms with van der Waals surface area (Å²) in [4.78, 5) is 42.4. The van der Waals surface area contributed by atoms with Crippen molar-refractivity contribution >= 4 is 52.1 Å². The van der Waals surface area contributed by atoms with Crippen molar-refractivity contribution in [2.75, 3.05) is 41.7 Å². The van der Waals surface area contributed by atoms with Gasteiger partial charge in [-0.25, -0.2) is 0 Å². The molecule has 5 nitrogen and oxygen atoms in total. The zero-order valence-corrected chi connectivity index (χ0v) is 21.3. The van der Waals surface area contributed by atoms with Crippen molar-refractivity contribution in [2.45, 2.75) is 33.6 Å². The number of carbonyl (C=O) groups is 3. The van der Waals surface area contributed by atoms with Gasteiger partial charge in [0.1, 0.15) is 0 Å². The number of alkyl halides is 2. The van der Waals surface area contributed by atoms with Crippen LogP contribution in [0.4, 0.5) is 11.4 Å². The molecule has 0 heterocycles. The van der Waals surface area contributed by atoms with Crippen LogP contribution in [0.1, 0.15) is 33.6 Å². The molecule has 0 spiro atoms. The fourth-order valence-electron chi connectivity index (χ4n) is 4.11. The molecular formula is C26H32Cl2N2O3. The van der Waals surface area contributed by atoms with E-state index in [9.17, 15) is 14.4 Å².